The van der Waals surface area contributed by atoms with E-state index in [1.807, 2.05) is 13.0 Å². The minimum atomic E-state index is -1.11. The predicted octanol–water partition coefficient (Wildman–Crippen LogP) is 2.03. The molecule has 0 aromatic heterocycles. The maximum Gasteiger partial charge on any atom is 0.173 e. The van der Waals surface area contributed by atoms with Gasteiger partial charge in [0.25, 0.3) is 0 Å². The number of carbonyl (C=O) groups excluding carboxylic acids is 1. The monoisotopic (exact) mass is 236 g/mol. The zero-order valence-electron chi connectivity index (χ0n) is 10.4. The van der Waals surface area contributed by atoms with Gasteiger partial charge in [-0.1, -0.05) is 43.7 Å². The predicted molar refractivity (Wildman–Crippen MR) is 66.9 cm³/mol. The van der Waals surface area contributed by atoms with Crippen LogP contribution >= 0.6 is 0 Å². The van der Waals surface area contributed by atoms with Crippen LogP contribution in [0.2, 0.25) is 0 Å². The second-order valence-corrected chi connectivity index (χ2v) is 4.58. The molecule has 0 saturated carbocycles. The van der Waals surface area contributed by atoms with Crippen molar-refractivity contribution in [2.24, 2.45) is 5.41 Å². The Kier molecular flexibility index (Phi) is 4.85. The van der Waals surface area contributed by atoms with Crippen LogP contribution in [0.15, 0.2) is 30.3 Å². The molecule has 3 heteroatoms. The van der Waals surface area contributed by atoms with E-state index in [4.69, 9.17) is 0 Å². The molecule has 2 atom stereocenters. The van der Waals surface area contributed by atoms with Crippen molar-refractivity contribution in [3.05, 3.63) is 35.9 Å². The van der Waals surface area contributed by atoms with Gasteiger partial charge in [-0.3, -0.25) is 4.79 Å². The number of Topliss-reactive ketones (excluding diaryl/α,β-unsaturated/α-hetero) is 1. The fourth-order valence-electron chi connectivity index (χ4n) is 1.84. The summed E-state index contributed by atoms with van der Waals surface area (Å²) in [6, 6.07) is 8.79. The summed E-state index contributed by atoms with van der Waals surface area (Å²) >= 11 is 0. The van der Waals surface area contributed by atoms with Gasteiger partial charge in [-0.05, 0) is 13.3 Å². The van der Waals surface area contributed by atoms with Gasteiger partial charge in [-0.25, -0.2) is 0 Å². The van der Waals surface area contributed by atoms with Crippen LogP contribution in [0.3, 0.4) is 0 Å². The molecule has 17 heavy (non-hydrogen) atoms. The quantitative estimate of drug-likeness (QED) is 0.743. The molecule has 0 amide bonds. The first-order valence-electron chi connectivity index (χ1n) is 5.95. The largest absolute Gasteiger partial charge is 0.395 e. The zero-order chi connectivity index (χ0) is 12.9. The summed E-state index contributed by atoms with van der Waals surface area (Å²) in [6.45, 7) is 3.21. The van der Waals surface area contributed by atoms with E-state index in [1.165, 1.54) is 0 Å². The van der Waals surface area contributed by atoms with Gasteiger partial charge in [0.15, 0.2) is 5.78 Å². The lowest BCUT2D eigenvalue weighted by Gasteiger charge is -2.31. The van der Waals surface area contributed by atoms with E-state index in [9.17, 15) is 15.0 Å². The summed E-state index contributed by atoms with van der Waals surface area (Å²) in [5.41, 5.74) is -0.587. The van der Waals surface area contributed by atoms with E-state index in [0.29, 0.717) is 12.0 Å². The highest BCUT2D eigenvalue weighted by Gasteiger charge is 2.39. The van der Waals surface area contributed by atoms with Gasteiger partial charge < -0.3 is 10.2 Å². The normalized spacial score (nSPS) is 16.2. The van der Waals surface area contributed by atoms with Crippen molar-refractivity contribution in [1.29, 1.82) is 0 Å². The number of rotatable bonds is 6. The van der Waals surface area contributed by atoms with Gasteiger partial charge in [0.2, 0.25) is 0 Å². The Balaban J connectivity index is 2.97. The number of hydrogen-bond donors (Lipinski definition) is 2. The Morgan fingerprint density at radius 2 is 1.94 bits per heavy atom. The highest BCUT2D eigenvalue weighted by atomic mass is 16.3. The van der Waals surface area contributed by atoms with Gasteiger partial charge in [0.05, 0.1) is 18.1 Å². The van der Waals surface area contributed by atoms with Gasteiger partial charge in [0.1, 0.15) is 0 Å². The lowest BCUT2D eigenvalue weighted by Crippen LogP contribution is -2.43. The topological polar surface area (TPSA) is 57.5 Å². The lowest BCUT2D eigenvalue weighted by molar-refractivity contribution is 0.000559. The second-order valence-electron chi connectivity index (χ2n) is 4.58. The average Bonchev–Trinajstić information content (AvgIpc) is 2.38. The van der Waals surface area contributed by atoms with Crippen LogP contribution in [0.25, 0.3) is 0 Å². The van der Waals surface area contributed by atoms with Crippen molar-refractivity contribution < 1.29 is 15.0 Å². The standard InChI is InChI=1S/C14H20O3/c1-3-7-12(16)14(2,10-15)13(17)11-8-5-4-6-9-11/h4-6,8-9,12,15-16H,3,7,10H2,1-2H3/t12-,14+/m0/s1. The average molecular weight is 236 g/mol. The molecule has 0 aliphatic rings. The molecule has 0 saturated heterocycles. The first-order chi connectivity index (χ1) is 8.06. The molecule has 1 aromatic rings. The summed E-state index contributed by atoms with van der Waals surface area (Å²) in [6.07, 6.45) is 0.472. The van der Waals surface area contributed by atoms with Crippen molar-refractivity contribution in [2.45, 2.75) is 32.8 Å². The maximum atomic E-state index is 12.3. The molecule has 0 bridgehead atoms. The molecule has 0 fully saturated rings. The molecule has 0 radical (unpaired) electrons. The van der Waals surface area contributed by atoms with Crippen molar-refractivity contribution >= 4 is 5.78 Å². The van der Waals surface area contributed by atoms with E-state index >= 15 is 0 Å². The van der Waals surface area contributed by atoms with E-state index in [2.05, 4.69) is 0 Å². The second kappa shape index (κ2) is 5.94. The fourth-order valence-corrected chi connectivity index (χ4v) is 1.84. The van der Waals surface area contributed by atoms with Gasteiger partial charge in [-0.15, -0.1) is 0 Å². The van der Waals surface area contributed by atoms with Gasteiger partial charge in [-0.2, -0.15) is 0 Å². The van der Waals surface area contributed by atoms with Crippen LogP contribution < -0.4 is 0 Å². The Morgan fingerprint density at radius 3 is 2.41 bits per heavy atom. The molecule has 0 aliphatic carbocycles. The SMILES string of the molecule is CCC[C@H](O)[C@@](C)(CO)C(=O)c1ccccc1. The van der Waals surface area contributed by atoms with Gasteiger partial charge in [0, 0.05) is 5.56 Å². The number of aliphatic hydroxyl groups is 2. The van der Waals surface area contributed by atoms with Crippen LogP contribution in [0.1, 0.15) is 37.0 Å². The molecule has 1 aromatic carbocycles. The van der Waals surface area contributed by atoms with Crippen LogP contribution in [-0.2, 0) is 0 Å². The molecule has 0 heterocycles. The van der Waals surface area contributed by atoms with E-state index in [1.54, 1.807) is 31.2 Å². The van der Waals surface area contributed by atoms with E-state index in [0.717, 1.165) is 6.42 Å². The highest BCUT2D eigenvalue weighted by Crippen LogP contribution is 2.28. The summed E-state index contributed by atoms with van der Waals surface area (Å²) in [5.74, 6) is -0.207. The Hall–Kier alpha value is -1.19. The number of ketones is 1. The minimum absolute atomic E-state index is 0.207. The Morgan fingerprint density at radius 1 is 1.35 bits per heavy atom. The summed E-state index contributed by atoms with van der Waals surface area (Å²) in [4.78, 5) is 12.3. The van der Waals surface area contributed by atoms with Crippen LogP contribution in [0, 0.1) is 5.41 Å². The van der Waals surface area contributed by atoms with E-state index in [-0.39, 0.29) is 12.4 Å². The lowest BCUT2D eigenvalue weighted by atomic mass is 9.76. The van der Waals surface area contributed by atoms with E-state index < -0.39 is 11.5 Å². The van der Waals surface area contributed by atoms with Crippen molar-refractivity contribution in [3.63, 3.8) is 0 Å². The molecular weight excluding hydrogens is 216 g/mol. The van der Waals surface area contributed by atoms with Crippen molar-refractivity contribution in [1.82, 2.24) is 0 Å². The van der Waals surface area contributed by atoms with Crippen molar-refractivity contribution in [3.8, 4) is 0 Å². The maximum absolute atomic E-state index is 12.3. The molecule has 2 N–H and O–H groups in total. The van der Waals surface area contributed by atoms with Gasteiger partial charge >= 0.3 is 0 Å². The Bertz CT molecular complexity index is 361. The number of carbonyl (C=O) groups is 1. The third kappa shape index (κ3) is 2.93. The summed E-state index contributed by atoms with van der Waals surface area (Å²) in [5, 5.41) is 19.5. The number of hydrogen-bond acceptors (Lipinski definition) is 3. The third-order valence-electron chi connectivity index (χ3n) is 3.18. The fraction of sp³-hybridized carbons (Fsp3) is 0.500. The minimum Gasteiger partial charge on any atom is -0.395 e. The molecule has 94 valence electrons. The highest BCUT2D eigenvalue weighted by molar-refractivity contribution is 6.00. The summed E-state index contributed by atoms with van der Waals surface area (Å²) in [7, 11) is 0. The summed E-state index contributed by atoms with van der Waals surface area (Å²) < 4.78 is 0. The van der Waals surface area contributed by atoms with Crippen LogP contribution in [0.4, 0.5) is 0 Å². The van der Waals surface area contributed by atoms with Crippen LogP contribution in [-0.4, -0.2) is 28.7 Å². The molecule has 0 aliphatic heterocycles. The molecule has 1 rings (SSSR count). The first kappa shape index (κ1) is 13.9. The number of benzene rings is 1. The molecule has 0 unspecified atom stereocenters. The molecule has 3 nitrogen and oxygen atoms in total. The third-order valence-corrected chi connectivity index (χ3v) is 3.18. The van der Waals surface area contributed by atoms with Crippen LogP contribution in [0.5, 0.6) is 0 Å². The smallest absolute Gasteiger partial charge is 0.173 e. The number of aliphatic hydroxyl groups excluding tert-OH is 2. The first-order valence-corrected chi connectivity index (χ1v) is 5.95. The van der Waals surface area contributed by atoms with Crippen molar-refractivity contribution in [2.75, 3.05) is 6.61 Å². The zero-order valence-corrected chi connectivity index (χ0v) is 10.4. The molecule has 0 spiro atoms. The Labute approximate surface area is 102 Å². The molecular formula is C14H20O3.